The Kier molecular flexibility index (Phi) is 6.01. The van der Waals surface area contributed by atoms with Crippen LogP contribution in [-0.2, 0) is 9.53 Å². The van der Waals surface area contributed by atoms with Crippen molar-refractivity contribution in [3.8, 4) is 0 Å². The Hall–Kier alpha value is -1.82. The maximum Gasteiger partial charge on any atom is 0.289 e. The zero-order valence-corrected chi connectivity index (χ0v) is 15.9. The van der Waals surface area contributed by atoms with Gasteiger partial charge in [-0.05, 0) is 58.1 Å². The van der Waals surface area contributed by atoms with Gasteiger partial charge in [0.2, 0.25) is 5.91 Å². The Balaban J connectivity index is 1.53. The highest BCUT2D eigenvalue weighted by Crippen LogP contribution is 2.39. The number of carbonyl (C=O) groups excluding carboxylic acids is 2. The van der Waals surface area contributed by atoms with Gasteiger partial charge in [0, 0.05) is 26.1 Å². The molecule has 3 rings (SSSR count). The van der Waals surface area contributed by atoms with E-state index in [1.807, 2.05) is 23.6 Å². The normalized spacial score (nSPS) is 25.6. The van der Waals surface area contributed by atoms with Crippen LogP contribution in [0, 0.1) is 0 Å². The first-order valence-corrected chi connectivity index (χ1v) is 9.85. The highest BCUT2D eigenvalue weighted by molar-refractivity contribution is 5.91. The third kappa shape index (κ3) is 4.11. The van der Waals surface area contributed by atoms with E-state index in [-0.39, 0.29) is 23.5 Å². The highest BCUT2D eigenvalue weighted by atomic mass is 16.5. The Morgan fingerprint density at radius 1 is 1.31 bits per heavy atom. The summed E-state index contributed by atoms with van der Waals surface area (Å²) in [6, 6.07) is 3.45. The molecule has 2 aliphatic rings. The molecule has 1 aromatic rings. The topological polar surface area (TPSA) is 63.0 Å². The van der Waals surface area contributed by atoms with Gasteiger partial charge in [0.05, 0.1) is 24.5 Å². The number of likely N-dealkylation sites (tertiary alicyclic amines) is 1. The molecule has 2 amide bonds. The zero-order valence-electron chi connectivity index (χ0n) is 15.9. The molecular formula is C20H30N2O4. The first kappa shape index (κ1) is 19.0. The summed E-state index contributed by atoms with van der Waals surface area (Å²) in [6.45, 7) is 6.90. The summed E-state index contributed by atoms with van der Waals surface area (Å²) in [5, 5.41) is 0. The average molecular weight is 362 g/mol. The molecule has 1 spiro atoms. The first-order chi connectivity index (χ1) is 12.6. The van der Waals surface area contributed by atoms with Gasteiger partial charge in [-0.1, -0.05) is 0 Å². The molecule has 2 aliphatic heterocycles. The molecule has 6 nitrogen and oxygen atoms in total. The summed E-state index contributed by atoms with van der Waals surface area (Å²) in [7, 11) is 0. The molecule has 144 valence electrons. The number of hydrogen-bond donors (Lipinski definition) is 0. The van der Waals surface area contributed by atoms with Crippen molar-refractivity contribution in [3.05, 3.63) is 24.2 Å². The van der Waals surface area contributed by atoms with E-state index in [9.17, 15) is 9.59 Å². The fraction of sp³-hybridized carbons (Fsp3) is 0.700. The van der Waals surface area contributed by atoms with Crippen LogP contribution in [0.5, 0.6) is 0 Å². The largest absolute Gasteiger partial charge is 0.459 e. The molecule has 2 saturated heterocycles. The van der Waals surface area contributed by atoms with Gasteiger partial charge in [-0.15, -0.1) is 0 Å². The van der Waals surface area contributed by atoms with Crippen molar-refractivity contribution in [2.75, 3.05) is 26.2 Å². The number of carbonyl (C=O) groups is 2. The van der Waals surface area contributed by atoms with Crippen molar-refractivity contribution in [3.63, 3.8) is 0 Å². The van der Waals surface area contributed by atoms with Crippen LogP contribution in [-0.4, -0.2) is 59.5 Å². The summed E-state index contributed by atoms with van der Waals surface area (Å²) in [6.07, 6.45) is 6.80. The Labute approximate surface area is 155 Å². The van der Waals surface area contributed by atoms with Gasteiger partial charge in [-0.3, -0.25) is 9.59 Å². The standard InChI is InChI=1S/C20H30N2O4/c1-3-21(4-2)18(23)9-8-16-10-12-20(26-16)11-6-13-22(15-20)19(24)17-7-5-14-25-17/h5,7,14,16H,3-4,6,8-13,15H2,1-2H3/t16-,20+/m1/s1. The summed E-state index contributed by atoms with van der Waals surface area (Å²) >= 11 is 0. The fourth-order valence-electron chi connectivity index (χ4n) is 4.25. The molecular weight excluding hydrogens is 332 g/mol. The smallest absolute Gasteiger partial charge is 0.289 e. The molecule has 2 atom stereocenters. The van der Waals surface area contributed by atoms with Crippen LogP contribution in [0.1, 0.15) is 62.9 Å². The summed E-state index contributed by atoms with van der Waals surface area (Å²) in [5.41, 5.74) is -0.247. The van der Waals surface area contributed by atoms with Gasteiger partial charge < -0.3 is 19.0 Å². The Morgan fingerprint density at radius 3 is 2.81 bits per heavy atom. The second-order valence-corrected chi connectivity index (χ2v) is 7.37. The lowest BCUT2D eigenvalue weighted by molar-refractivity contribution is -0.132. The van der Waals surface area contributed by atoms with E-state index in [2.05, 4.69) is 0 Å². The van der Waals surface area contributed by atoms with Crippen molar-refractivity contribution in [1.82, 2.24) is 9.80 Å². The van der Waals surface area contributed by atoms with Crippen molar-refractivity contribution in [2.24, 2.45) is 0 Å². The van der Waals surface area contributed by atoms with E-state index in [1.165, 1.54) is 6.26 Å². The molecule has 0 unspecified atom stereocenters. The first-order valence-electron chi connectivity index (χ1n) is 9.85. The van der Waals surface area contributed by atoms with Gasteiger partial charge >= 0.3 is 0 Å². The lowest BCUT2D eigenvalue weighted by Gasteiger charge is -2.40. The third-order valence-electron chi connectivity index (χ3n) is 5.69. The molecule has 3 heterocycles. The Bertz CT molecular complexity index is 611. The molecule has 26 heavy (non-hydrogen) atoms. The predicted molar refractivity (Wildman–Crippen MR) is 97.8 cm³/mol. The maximum absolute atomic E-state index is 12.6. The van der Waals surface area contributed by atoms with Gasteiger partial charge in [0.15, 0.2) is 5.76 Å². The minimum Gasteiger partial charge on any atom is -0.459 e. The average Bonchev–Trinajstić information content (AvgIpc) is 3.31. The number of ether oxygens (including phenoxy) is 1. The highest BCUT2D eigenvalue weighted by Gasteiger charge is 2.44. The second kappa shape index (κ2) is 8.25. The monoisotopic (exact) mass is 362 g/mol. The minimum atomic E-state index is -0.247. The summed E-state index contributed by atoms with van der Waals surface area (Å²) in [4.78, 5) is 28.5. The van der Waals surface area contributed by atoms with Crippen molar-refractivity contribution >= 4 is 11.8 Å². The number of piperidine rings is 1. The van der Waals surface area contributed by atoms with Crippen LogP contribution in [0.4, 0.5) is 0 Å². The van der Waals surface area contributed by atoms with Gasteiger partial charge in [-0.25, -0.2) is 0 Å². The number of rotatable bonds is 6. The third-order valence-corrected chi connectivity index (χ3v) is 5.69. The minimum absolute atomic E-state index is 0.0576. The van der Waals surface area contributed by atoms with Crippen molar-refractivity contribution < 1.29 is 18.7 Å². The van der Waals surface area contributed by atoms with E-state index in [0.29, 0.717) is 18.7 Å². The van der Waals surface area contributed by atoms with Gasteiger partial charge in [0.1, 0.15) is 0 Å². The van der Waals surface area contributed by atoms with Crippen LogP contribution in [0.3, 0.4) is 0 Å². The van der Waals surface area contributed by atoms with E-state index >= 15 is 0 Å². The fourth-order valence-corrected chi connectivity index (χ4v) is 4.25. The van der Waals surface area contributed by atoms with E-state index in [1.54, 1.807) is 12.1 Å². The molecule has 0 radical (unpaired) electrons. The van der Waals surface area contributed by atoms with E-state index < -0.39 is 0 Å². The lowest BCUT2D eigenvalue weighted by Crippen LogP contribution is -2.50. The van der Waals surface area contributed by atoms with Crippen molar-refractivity contribution in [1.29, 1.82) is 0 Å². The molecule has 1 aromatic heterocycles. The SMILES string of the molecule is CCN(CC)C(=O)CC[C@@H]1CC[C@]2(CCCN(C(=O)c3ccco3)C2)O1. The molecule has 0 bridgehead atoms. The quantitative estimate of drug-likeness (QED) is 0.780. The molecule has 2 fully saturated rings. The molecule has 6 heteroatoms. The van der Waals surface area contributed by atoms with Gasteiger partial charge in [-0.2, -0.15) is 0 Å². The second-order valence-electron chi connectivity index (χ2n) is 7.37. The van der Waals surface area contributed by atoms with E-state index in [4.69, 9.17) is 9.15 Å². The van der Waals surface area contributed by atoms with Crippen LogP contribution in [0.25, 0.3) is 0 Å². The van der Waals surface area contributed by atoms with Crippen LogP contribution < -0.4 is 0 Å². The predicted octanol–water partition coefficient (Wildman–Crippen LogP) is 3.08. The van der Waals surface area contributed by atoms with Crippen LogP contribution in [0.15, 0.2) is 22.8 Å². The van der Waals surface area contributed by atoms with E-state index in [0.717, 1.165) is 51.7 Å². The van der Waals surface area contributed by atoms with Crippen LogP contribution >= 0.6 is 0 Å². The van der Waals surface area contributed by atoms with Gasteiger partial charge in [0.25, 0.3) is 5.91 Å². The number of nitrogens with zero attached hydrogens (tertiary/aromatic N) is 2. The summed E-state index contributed by atoms with van der Waals surface area (Å²) < 4.78 is 11.6. The molecule has 0 saturated carbocycles. The maximum atomic E-state index is 12.6. The zero-order chi connectivity index (χ0) is 18.6. The molecule has 0 aromatic carbocycles. The van der Waals surface area contributed by atoms with Crippen LogP contribution in [0.2, 0.25) is 0 Å². The van der Waals surface area contributed by atoms with Crippen molar-refractivity contribution in [2.45, 2.75) is 64.1 Å². The summed E-state index contributed by atoms with van der Waals surface area (Å²) in [5.74, 6) is 0.539. The lowest BCUT2D eigenvalue weighted by atomic mass is 9.89. The Morgan fingerprint density at radius 2 is 2.12 bits per heavy atom. The molecule has 0 N–H and O–H groups in total. The number of hydrogen-bond acceptors (Lipinski definition) is 4. The number of amides is 2. The number of furan rings is 1. The molecule has 0 aliphatic carbocycles.